The maximum Gasteiger partial charge on any atom is 0.244 e. The Morgan fingerprint density at radius 1 is 1.33 bits per heavy atom. The van der Waals surface area contributed by atoms with Gasteiger partial charge in [0.2, 0.25) is 10.0 Å². The van der Waals surface area contributed by atoms with E-state index in [0.717, 1.165) is 12.1 Å². The minimum absolute atomic E-state index is 0.0404. The molecule has 0 aliphatic carbocycles. The van der Waals surface area contributed by atoms with Crippen LogP contribution in [0.1, 0.15) is 5.82 Å². The monoisotopic (exact) mass is 374 g/mol. The Hall–Kier alpha value is -1.45. The van der Waals surface area contributed by atoms with E-state index in [1.807, 2.05) is 10.8 Å². The number of nitrogen functional groups attached to an aromatic ring is 1. The number of sulfonamides is 1. The maximum absolute atomic E-state index is 13.4. The van der Waals surface area contributed by atoms with Gasteiger partial charge < -0.3 is 10.3 Å². The molecule has 0 saturated carbocycles. The van der Waals surface area contributed by atoms with Gasteiger partial charge in [-0.15, -0.1) is 0 Å². The summed E-state index contributed by atoms with van der Waals surface area (Å²) in [6.45, 7) is 1.04. The summed E-state index contributed by atoms with van der Waals surface area (Å²) in [4.78, 5) is 4.09. The molecule has 0 fully saturated rings. The van der Waals surface area contributed by atoms with Gasteiger partial charge in [0.25, 0.3) is 0 Å². The van der Waals surface area contributed by atoms with Crippen LogP contribution in [0.2, 0.25) is 0 Å². The average Bonchev–Trinajstić information content (AvgIpc) is 2.90. The molecule has 112 valence electrons. The van der Waals surface area contributed by atoms with Crippen molar-refractivity contribution >= 4 is 31.6 Å². The van der Waals surface area contributed by atoms with Gasteiger partial charge in [-0.25, -0.2) is 17.8 Å². The highest BCUT2D eigenvalue weighted by Gasteiger charge is 2.31. The molecule has 1 aromatic heterocycles. The first-order valence-corrected chi connectivity index (χ1v) is 8.37. The smallest absolute Gasteiger partial charge is 0.244 e. The molecule has 0 saturated heterocycles. The lowest BCUT2D eigenvalue weighted by atomic mass is 10.3. The summed E-state index contributed by atoms with van der Waals surface area (Å²) in [6.07, 6.45) is 3.45. The second-order valence-electron chi connectivity index (χ2n) is 4.68. The van der Waals surface area contributed by atoms with E-state index in [1.165, 1.54) is 4.31 Å². The minimum Gasteiger partial charge on any atom is -0.396 e. The fraction of sp³-hybridized carbons (Fsp3) is 0.250. The van der Waals surface area contributed by atoms with Gasteiger partial charge in [0.15, 0.2) is 0 Å². The van der Waals surface area contributed by atoms with E-state index in [-0.39, 0.29) is 21.6 Å². The number of rotatable bonds is 2. The lowest BCUT2D eigenvalue weighted by Crippen LogP contribution is -2.38. The molecule has 0 atom stereocenters. The number of imidazole rings is 1. The number of hydrogen-bond donors (Lipinski definition) is 1. The SMILES string of the molecule is Nc1cc(S(=O)(=O)N2CCn3ccnc3C2)c(Br)cc1F. The zero-order chi connectivity index (χ0) is 15.2. The van der Waals surface area contributed by atoms with Gasteiger partial charge in [-0.2, -0.15) is 4.31 Å². The summed E-state index contributed by atoms with van der Waals surface area (Å²) >= 11 is 3.09. The average molecular weight is 375 g/mol. The molecule has 9 heteroatoms. The number of nitrogens with two attached hydrogens (primary N) is 1. The molecule has 1 aromatic carbocycles. The fourth-order valence-electron chi connectivity index (χ4n) is 2.24. The Bertz CT molecular complexity index is 806. The van der Waals surface area contributed by atoms with Crippen LogP contribution in [0.3, 0.4) is 0 Å². The van der Waals surface area contributed by atoms with Crippen molar-refractivity contribution in [3.05, 3.63) is 40.6 Å². The molecule has 2 aromatic rings. The molecule has 2 N–H and O–H groups in total. The molecule has 3 rings (SSSR count). The highest BCUT2D eigenvalue weighted by Crippen LogP contribution is 2.30. The van der Waals surface area contributed by atoms with Crippen LogP contribution in [0.25, 0.3) is 0 Å². The molecule has 1 aliphatic heterocycles. The maximum atomic E-state index is 13.4. The van der Waals surface area contributed by atoms with Gasteiger partial charge in [-0.3, -0.25) is 0 Å². The second-order valence-corrected chi connectivity index (χ2v) is 7.44. The van der Waals surface area contributed by atoms with Crippen molar-refractivity contribution in [1.82, 2.24) is 13.9 Å². The van der Waals surface area contributed by atoms with Gasteiger partial charge in [0.1, 0.15) is 11.6 Å². The van der Waals surface area contributed by atoms with Crippen LogP contribution in [-0.2, 0) is 23.1 Å². The van der Waals surface area contributed by atoms with Crippen LogP contribution in [0.4, 0.5) is 10.1 Å². The Kier molecular flexibility index (Phi) is 3.50. The molecular formula is C12H12BrFN4O2S. The van der Waals surface area contributed by atoms with E-state index in [9.17, 15) is 12.8 Å². The topological polar surface area (TPSA) is 81.2 Å². The number of halogens is 2. The van der Waals surface area contributed by atoms with Crippen molar-refractivity contribution in [3.8, 4) is 0 Å². The summed E-state index contributed by atoms with van der Waals surface area (Å²) < 4.78 is 42.1. The van der Waals surface area contributed by atoms with Crippen molar-refractivity contribution in [1.29, 1.82) is 0 Å². The van der Waals surface area contributed by atoms with Crippen molar-refractivity contribution in [2.75, 3.05) is 12.3 Å². The highest BCUT2D eigenvalue weighted by atomic mass is 79.9. The van der Waals surface area contributed by atoms with Gasteiger partial charge in [-0.05, 0) is 28.1 Å². The number of fused-ring (bicyclic) bond motifs is 1. The number of nitrogens with zero attached hydrogens (tertiary/aromatic N) is 3. The van der Waals surface area contributed by atoms with Crippen LogP contribution in [0.5, 0.6) is 0 Å². The van der Waals surface area contributed by atoms with Crippen molar-refractivity contribution < 1.29 is 12.8 Å². The van der Waals surface area contributed by atoms with Gasteiger partial charge in [0.05, 0.1) is 17.1 Å². The molecule has 1 aliphatic rings. The largest absolute Gasteiger partial charge is 0.396 e. The minimum atomic E-state index is -3.77. The van der Waals surface area contributed by atoms with E-state index in [2.05, 4.69) is 20.9 Å². The highest BCUT2D eigenvalue weighted by molar-refractivity contribution is 9.10. The van der Waals surface area contributed by atoms with E-state index >= 15 is 0 Å². The number of hydrogen-bond acceptors (Lipinski definition) is 4. The number of aromatic nitrogens is 2. The third-order valence-electron chi connectivity index (χ3n) is 3.38. The van der Waals surface area contributed by atoms with E-state index in [0.29, 0.717) is 18.9 Å². The zero-order valence-corrected chi connectivity index (χ0v) is 13.2. The number of anilines is 1. The first kappa shape index (κ1) is 14.5. The molecular weight excluding hydrogens is 363 g/mol. The van der Waals surface area contributed by atoms with Crippen LogP contribution in [0, 0.1) is 5.82 Å². The summed E-state index contributed by atoms with van der Waals surface area (Å²) in [5.41, 5.74) is 5.28. The lowest BCUT2D eigenvalue weighted by Gasteiger charge is -2.27. The first-order chi connectivity index (χ1) is 9.89. The predicted molar refractivity (Wildman–Crippen MR) is 78.3 cm³/mol. The van der Waals surface area contributed by atoms with Crippen molar-refractivity contribution in [3.63, 3.8) is 0 Å². The lowest BCUT2D eigenvalue weighted by molar-refractivity contribution is 0.335. The molecule has 0 radical (unpaired) electrons. The molecule has 21 heavy (non-hydrogen) atoms. The van der Waals surface area contributed by atoms with E-state index < -0.39 is 15.8 Å². The van der Waals surface area contributed by atoms with Crippen LogP contribution in [0.15, 0.2) is 33.9 Å². The van der Waals surface area contributed by atoms with E-state index in [4.69, 9.17) is 5.73 Å². The number of benzene rings is 1. The first-order valence-electron chi connectivity index (χ1n) is 6.14. The Morgan fingerprint density at radius 3 is 2.86 bits per heavy atom. The van der Waals surface area contributed by atoms with Crippen molar-refractivity contribution in [2.24, 2.45) is 0 Å². The molecule has 0 unspecified atom stereocenters. The predicted octanol–water partition coefficient (Wildman–Crippen LogP) is 1.57. The standard InChI is InChI=1S/C12H12BrFN4O2S/c13-8-5-9(14)10(15)6-11(8)21(19,20)18-4-3-17-2-1-16-12(17)7-18/h1-2,5-6H,3-4,7,15H2. The molecule has 6 nitrogen and oxygen atoms in total. The third-order valence-corrected chi connectivity index (χ3v) is 6.18. The Labute approximate surface area is 129 Å². The normalized spacial score (nSPS) is 15.9. The molecule has 0 spiro atoms. The van der Waals surface area contributed by atoms with Crippen LogP contribution >= 0.6 is 15.9 Å². The molecule has 2 heterocycles. The molecule has 0 amide bonds. The van der Waals surface area contributed by atoms with Crippen LogP contribution in [-0.4, -0.2) is 28.8 Å². The Morgan fingerprint density at radius 2 is 2.10 bits per heavy atom. The second kappa shape index (κ2) is 5.08. The van der Waals surface area contributed by atoms with Crippen molar-refractivity contribution in [2.45, 2.75) is 18.0 Å². The van der Waals surface area contributed by atoms with Gasteiger partial charge in [0, 0.05) is 30.0 Å². The fourth-order valence-corrected chi connectivity index (χ4v) is 4.63. The summed E-state index contributed by atoms with van der Waals surface area (Å²) in [7, 11) is -3.77. The third kappa shape index (κ3) is 2.45. The van der Waals surface area contributed by atoms with Crippen LogP contribution < -0.4 is 5.73 Å². The summed E-state index contributed by atoms with van der Waals surface area (Å²) in [6, 6.07) is 2.20. The zero-order valence-electron chi connectivity index (χ0n) is 10.8. The van der Waals surface area contributed by atoms with Gasteiger partial charge >= 0.3 is 0 Å². The quantitative estimate of drug-likeness (QED) is 0.808. The Balaban J connectivity index is 2.00. The summed E-state index contributed by atoms with van der Waals surface area (Å²) in [5.74, 6) is 0.0195. The summed E-state index contributed by atoms with van der Waals surface area (Å²) in [5, 5.41) is 0. The van der Waals surface area contributed by atoms with Gasteiger partial charge in [-0.1, -0.05) is 0 Å². The molecule has 0 bridgehead atoms. The van der Waals surface area contributed by atoms with E-state index in [1.54, 1.807) is 6.20 Å².